The van der Waals surface area contributed by atoms with E-state index < -0.39 is 11.6 Å². The second kappa shape index (κ2) is 5.08. The van der Waals surface area contributed by atoms with Crippen molar-refractivity contribution in [3.63, 3.8) is 0 Å². The first kappa shape index (κ1) is 12.9. The van der Waals surface area contributed by atoms with Gasteiger partial charge in [0, 0.05) is 25.2 Å². The van der Waals surface area contributed by atoms with E-state index in [9.17, 15) is 8.78 Å². The van der Waals surface area contributed by atoms with E-state index in [2.05, 4.69) is 17.1 Å². The molecule has 0 amide bonds. The largest absolute Gasteiger partial charge is 0.363 e. The molecule has 1 aromatic carbocycles. The number of hydrogen-bond acceptors (Lipinski definition) is 2. The van der Waals surface area contributed by atoms with Gasteiger partial charge in [0.1, 0.15) is 0 Å². The molecule has 19 heavy (non-hydrogen) atoms. The molecule has 2 aliphatic rings. The summed E-state index contributed by atoms with van der Waals surface area (Å²) >= 11 is 0. The minimum Gasteiger partial charge on any atom is -0.363 e. The average molecular weight is 266 g/mol. The van der Waals surface area contributed by atoms with Crippen molar-refractivity contribution in [2.75, 3.05) is 18.0 Å². The first-order chi connectivity index (χ1) is 9.20. The normalized spacial score (nSPS) is 27.6. The molecule has 1 N–H and O–H groups in total. The SMILES string of the molecule is CCC1CNC(C2CC2)CN1c1cccc(F)c1F. The van der Waals surface area contributed by atoms with Crippen molar-refractivity contribution in [1.29, 1.82) is 0 Å². The van der Waals surface area contributed by atoms with E-state index >= 15 is 0 Å². The van der Waals surface area contributed by atoms with Gasteiger partial charge in [0.05, 0.1) is 5.69 Å². The van der Waals surface area contributed by atoms with Gasteiger partial charge in [0.2, 0.25) is 0 Å². The minimum absolute atomic E-state index is 0.242. The highest BCUT2D eigenvalue weighted by Gasteiger charge is 2.37. The highest BCUT2D eigenvalue weighted by atomic mass is 19.2. The monoisotopic (exact) mass is 266 g/mol. The summed E-state index contributed by atoms with van der Waals surface area (Å²) in [7, 11) is 0. The molecular weight excluding hydrogens is 246 g/mol. The maximum atomic E-state index is 14.0. The molecule has 104 valence electrons. The van der Waals surface area contributed by atoms with Crippen LogP contribution in [0, 0.1) is 17.6 Å². The van der Waals surface area contributed by atoms with Crippen LogP contribution in [0.5, 0.6) is 0 Å². The van der Waals surface area contributed by atoms with Crippen molar-refractivity contribution in [2.24, 2.45) is 5.92 Å². The summed E-state index contributed by atoms with van der Waals surface area (Å²) in [5.74, 6) is -0.747. The van der Waals surface area contributed by atoms with E-state index in [0.717, 1.165) is 25.4 Å². The molecule has 0 spiro atoms. The fraction of sp³-hybridized carbons (Fsp3) is 0.600. The molecule has 2 unspecified atom stereocenters. The Kier molecular flexibility index (Phi) is 3.44. The number of rotatable bonds is 3. The van der Waals surface area contributed by atoms with E-state index in [0.29, 0.717) is 11.7 Å². The number of benzene rings is 1. The van der Waals surface area contributed by atoms with Gasteiger partial charge in [0.25, 0.3) is 0 Å². The third kappa shape index (κ3) is 2.46. The lowest BCUT2D eigenvalue weighted by molar-refractivity contribution is 0.355. The van der Waals surface area contributed by atoms with Crippen molar-refractivity contribution >= 4 is 5.69 Å². The quantitative estimate of drug-likeness (QED) is 0.905. The van der Waals surface area contributed by atoms with E-state index in [1.54, 1.807) is 12.1 Å². The van der Waals surface area contributed by atoms with Crippen molar-refractivity contribution in [1.82, 2.24) is 5.32 Å². The Morgan fingerprint density at radius 2 is 2.11 bits per heavy atom. The van der Waals surface area contributed by atoms with E-state index in [-0.39, 0.29) is 6.04 Å². The summed E-state index contributed by atoms with van der Waals surface area (Å²) in [5.41, 5.74) is 0.416. The predicted molar refractivity (Wildman–Crippen MR) is 72.3 cm³/mol. The first-order valence-electron chi connectivity index (χ1n) is 7.14. The van der Waals surface area contributed by atoms with E-state index in [4.69, 9.17) is 0 Å². The van der Waals surface area contributed by atoms with Crippen LogP contribution in [0.25, 0.3) is 0 Å². The Bertz CT molecular complexity index is 459. The Labute approximate surface area is 112 Å². The van der Waals surface area contributed by atoms with Gasteiger partial charge < -0.3 is 10.2 Å². The topological polar surface area (TPSA) is 15.3 Å². The first-order valence-corrected chi connectivity index (χ1v) is 7.14. The summed E-state index contributed by atoms with van der Waals surface area (Å²) < 4.78 is 27.4. The van der Waals surface area contributed by atoms with Crippen LogP contribution < -0.4 is 10.2 Å². The molecule has 1 aromatic rings. The standard InChI is InChI=1S/C15H20F2N2/c1-2-11-8-18-13(10-6-7-10)9-19(11)14-5-3-4-12(16)15(14)17/h3-5,10-11,13,18H,2,6-9H2,1H3. The van der Waals surface area contributed by atoms with Gasteiger partial charge in [-0.05, 0) is 37.3 Å². The van der Waals surface area contributed by atoms with Crippen molar-refractivity contribution < 1.29 is 8.78 Å². The summed E-state index contributed by atoms with van der Waals surface area (Å²) in [5, 5.41) is 3.56. The molecule has 0 radical (unpaired) electrons. The third-order valence-corrected chi connectivity index (χ3v) is 4.35. The molecule has 1 aliphatic heterocycles. The van der Waals surface area contributed by atoms with Crippen LogP contribution in [0.1, 0.15) is 26.2 Å². The number of hydrogen-bond donors (Lipinski definition) is 1. The van der Waals surface area contributed by atoms with Crippen LogP contribution in [-0.4, -0.2) is 25.2 Å². The van der Waals surface area contributed by atoms with Crippen molar-refractivity contribution in [3.8, 4) is 0 Å². The molecule has 0 bridgehead atoms. The van der Waals surface area contributed by atoms with Gasteiger partial charge in [-0.3, -0.25) is 0 Å². The summed E-state index contributed by atoms with van der Waals surface area (Å²) in [6.07, 6.45) is 3.45. The van der Waals surface area contributed by atoms with Crippen LogP contribution in [0.3, 0.4) is 0 Å². The molecule has 0 aromatic heterocycles. The van der Waals surface area contributed by atoms with Crippen molar-refractivity contribution in [2.45, 2.75) is 38.3 Å². The molecular formula is C15H20F2N2. The van der Waals surface area contributed by atoms with E-state index in [1.165, 1.54) is 18.9 Å². The number of anilines is 1. The molecule has 4 heteroatoms. The molecule has 2 fully saturated rings. The second-order valence-electron chi connectivity index (χ2n) is 5.64. The molecule has 2 atom stereocenters. The Morgan fingerprint density at radius 3 is 2.79 bits per heavy atom. The lowest BCUT2D eigenvalue weighted by Gasteiger charge is -2.42. The van der Waals surface area contributed by atoms with Gasteiger partial charge in [-0.1, -0.05) is 13.0 Å². The van der Waals surface area contributed by atoms with Gasteiger partial charge in [0.15, 0.2) is 11.6 Å². The summed E-state index contributed by atoms with van der Waals surface area (Å²) in [6.45, 7) is 3.73. The van der Waals surface area contributed by atoms with Crippen LogP contribution >= 0.6 is 0 Å². The van der Waals surface area contributed by atoms with Crippen molar-refractivity contribution in [3.05, 3.63) is 29.8 Å². The fourth-order valence-corrected chi connectivity index (χ4v) is 3.01. The summed E-state index contributed by atoms with van der Waals surface area (Å²) in [6, 6.07) is 5.13. The molecule has 1 saturated heterocycles. The van der Waals surface area contributed by atoms with Crippen LogP contribution in [0.2, 0.25) is 0 Å². The third-order valence-electron chi connectivity index (χ3n) is 4.35. The second-order valence-corrected chi connectivity index (χ2v) is 5.64. The van der Waals surface area contributed by atoms with E-state index in [1.807, 2.05) is 0 Å². The Balaban J connectivity index is 1.87. The number of nitrogens with zero attached hydrogens (tertiary/aromatic N) is 1. The molecule has 1 saturated carbocycles. The zero-order valence-corrected chi connectivity index (χ0v) is 11.2. The van der Waals surface area contributed by atoms with Gasteiger partial charge >= 0.3 is 0 Å². The summed E-state index contributed by atoms with van der Waals surface area (Å²) in [4.78, 5) is 2.05. The maximum Gasteiger partial charge on any atom is 0.182 e. The highest BCUT2D eigenvalue weighted by molar-refractivity contribution is 5.50. The zero-order valence-electron chi connectivity index (χ0n) is 11.2. The zero-order chi connectivity index (χ0) is 13.4. The highest BCUT2D eigenvalue weighted by Crippen LogP contribution is 2.36. The minimum atomic E-state index is -0.756. The van der Waals surface area contributed by atoms with Gasteiger partial charge in [-0.15, -0.1) is 0 Å². The number of nitrogens with one attached hydrogen (secondary N) is 1. The lowest BCUT2D eigenvalue weighted by Crippen LogP contribution is -2.57. The number of halogens is 2. The van der Waals surface area contributed by atoms with Crippen LogP contribution in [0.4, 0.5) is 14.5 Å². The molecule has 1 aliphatic carbocycles. The van der Waals surface area contributed by atoms with Crippen LogP contribution in [0.15, 0.2) is 18.2 Å². The smallest absolute Gasteiger partial charge is 0.182 e. The van der Waals surface area contributed by atoms with Gasteiger partial charge in [-0.2, -0.15) is 0 Å². The predicted octanol–water partition coefficient (Wildman–Crippen LogP) is 2.93. The fourth-order valence-electron chi connectivity index (χ4n) is 3.01. The van der Waals surface area contributed by atoms with Gasteiger partial charge in [-0.25, -0.2) is 8.78 Å². The molecule has 1 heterocycles. The maximum absolute atomic E-state index is 14.0. The number of piperazine rings is 1. The average Bonchev–Trinajstić information content (AvgIpc) is 3.26. The molecule has 3 rings (SSSR count). The van der Waals surface area contributed by atoms with Crippen LogP contribution in [-0.2, 0) is 0 Å². The molecule has 2 nitrogen and oxygen atoms in total. The Morgan fingerprint density at radius 1 is 1.32 bits per heavy atom. The lowest BCUT2D eigenvalue weighted by atomic mass is 10.0. The Hall–Kier alpha value is -1.16.